The average molecular weight is 348 g/mol. The number of hydrogen-bond acceptors (Lipinski definition) is 7. The van der Waals surface area contributed by atoms with Gasteiger partial charge in [-0.05, 0) is 19.1 Å². The van der Waals surface area contributed by atoms with E-state index >= 15 is 0 Å². The molecule has 0 spiro atoms. The van der Waals surface area contributed by atoms with Crippen molar-refractivity contribution >= 4 is 50.3 Å². The number of allylic oxidation sites excluding steroid dienone is 1. The van der Waals surface area contributed by atoms with Gasteiger partial charge in [-0.1, -0.05) is 6.08 Å². The number of ether oxygens (including phenoxy) is 1. The van der Waals surface area contributed by atoms with Crippen molar-refractivity contribution < 1.29 is 19.4 Å². The Hall–Kier alpha value is -2.19. The van der Waals surface area contributed by atoms with Crippen LogP contribution in [0.5, 0.6) is 5.75 Å². The maximum Gasteiger partial charge on any atom is 0.335 e. The second kappa shape index (κ2) is 6.51. The van der Waals surface area contributed by atoms with Crippen LogP contribution in [-0.4, -0.2) is 38.9 Å². The van der Waals surface area contributed by atoms with Crippen LogP contribution in [0, 0.1) is 0 Å². The van der Waals surface area contributed by atoms with E-state index in [0.29, 0.717) is 21.6 Å². The van der Waals surface area contributed by atoms with Crippen LogP contribution in [0.3, 0.4) is 0 Å². The first kappa shape index (κ1) is 15.7. The number of carbonyl (C=O) groups is 2. The van der Waals surface area contributed by atoms with Gasteiger partial charge in [0.1, 0.15) is 15.8 Å². The second-order valence-corrected chi connectivity index (χ2v) is 6.71. The lowest BCUT2D eigenvalue weighted by atomic mass is 10.3. The van der Waals surface area contributed by atoms with Gasteiger partial charge in [-0.15, -0.1) is 23.1 Å². The Balaban J connectivity index is 1.86. The van der Waals surface area contributed by atoms with Crippen molar-refractivity contribution in [2.45, 2.75) is 13.0 Å². The van der Waals surface area contributed by atoms with Crippen LogP contribution in [0.2, 0.25) is 0 Å². The van der Waals surface area contributed by atoms with Gasteiger partial charge in [0.2, 0.25) is 0 Å². The van der Waals surface area contributed by atoms with E-state index in [4.69, 9.17) is 9.84 Å². The van der Waals surface area contributed by atoms with Gasteiger partial charge in [-0.2, -0.15) is 0 Å². The fourth-order valence-electron chi connectivity index (χ4n) is 1.96. The number of hydrogen-bond donors (Lipinski definition) is 1. The minimum Gasteiger partial charge on any atom is -0.480 e. The number of thiazole rings is 1. The normalized spacial score (nSPS) is 17.6. The Morgan fingerprint density at radius 2 is 2.26 bits per heavy atom. The molecular formula is C15H12N2O4S2. The molecule has 0 unspecified atom stereocenters. The quantitative estimate of drug-likeness (QED) is 0.519. The molecule has 23 heavy (non-hydrogen) atoms. The summed E-state index contributed by atoms with van der Waals surface area (Å²) in [5.41, 5.74) is 0.762. The third-order valence-corrected chi connectivity index (χ3v) is 5.21. The molecule has 1 aromatic carbocycles. The molecule has 6 nitrogen and oxygen atoms in total. The SMILES string of the molecule is C/C=C/C(=O)Oc1ccc2nc(C3=N[C@@H](C(=O)O)CS3)sc2c1. The number of aliphatic carboxylic acids is 1. The van der Waals surface area contributed by atoms with E-state index in [1.165, 1.54) is 29.2 Å². The number of nitrogens with zero attached hydrogens (tertiary/aromatic N) is 2. The van der Waals surface area contributed by atoms with Crippen LogP contribution in [-0.2, 0) is 9.59 Å². The number of esters is 1. The van der Waals surface area contributed by atoms with Crippen molar-refractivity contribution in [3.8, 4) is 5.75 Å². The fourth-order valence-corrected chi connectivity index (χ4v) is 4.05. The highest BCUT2D eigenvalue weighted by atomic mass is 32.2. The highest BCUT2D eigenvalue weighted by Crippen LogP contribution is 2.31. The van der Waals surface area contributed by atoms with E-state index in [2.05, 4.69) is 9.98 Å². The van der Waals surface area contributed by atoms with E-state index in [9.17, 15) is 9.59 Å². The number of rotatable bonds is 4. The largest absolute Gasteiger partial charge is 0.480 e. The number of aromatic nitrogens is 1. The summed E-state index contributed by atoms with van der Waals surface area (Å²) < 4.78 is 6.04. The van der Waals surface area contributed by atoms with Crippen LogP contribution in [0.15, 0.2) is 35.3 Å². The van der Waals surface area contributed by atoms with Gasteiger partial charge >= 0.3 is 11.9 Å². The van der Waals surface area contributed by atoms with Crippen molar-refractivity contribution in [2.75, 3.05) is 5.75 Å². The zero-order valence-electron chi connectivity index (χ0n) is 12.1. The molecule has 1 aromatic heterocycles. The van der Waals surface area contributed by atoms with Gasteiger partial charge in [0.15, 0.2) is 6.04 Å². The van der Waals surface area contributed by atoms with Crippen LogP contribution in [0.25, 0.3) is 10.2 Å². The third kappa shape index (κ3) is 3.43. The highest BCUT2D eigenvalue weighted by molar-refractivity contribution is 8.15. The predicted octanol–water partition coefficient (Wildman–Crippen LogP) is 2.72. The molecule has 1 aliphatic rings. The number of benzene rings is 1. The summed E-state index contributed by atoms with van der Waals surface area (Å²) in [5, 5.41) is 10.3. The average Bonchev–Trinajstić information content (AvgIpc) is 3.13. The lowest BCUT2D eigenvalue weighted by Crippen LogP contribution is -2.17. The molecule has 1 aliphatic heterocycles. The molecule has 0 radical (unpaired) electrons. The van der Waals surface area contributed by atoms with Gasteiger partial charge in [-0.3, -0.25) is 4.99 Å². The van der Waals surface area contributed by atoms with E-state index in [0.717, 1.165) is 10.2 Å². The first-order chi connectivity index (χ1) is 11.1. The summed E-state index contributed by atoms with van der Waals surface area (Å²) in [6.07, 6.45) is 2.96. The van der Waals surface area contributed by atoms with Crippen LogP contribution >= 0.6 is 23.1 Å². The topological polar surface area (TPSA) is 88.9 Å². The molecule has 0 saturated heterocycles. The third-order valence-electron chi connectivity index (χ3n) is 3.00. The van der Waals surface area contributed by atoms with E-state index in [-0.39, 0.29) is 0 Å². The van der Waals surface area contributed by atoms with Crippen molar-refractivity contribution in [1.82, 2.24) is 4.98 Å². The lowest BCUT2D eigenvalue weighted by Gasteiger charge is -1.99. The Kier molecular flexibility index (Phi) is 4.44. The fraction of sp³-hybridized carbons (Fsp3) is 0.200. The molecule has 1 atom stereocenters. The molecule has 0 bridgehead atoms. The molecule has 2 aromatic rings. The van der Waals surface area contributed by atoms with Gasteiger partial charge in [0.05, 0.1) is 10.2 Å². The summed E-state index contributed by atoms with van der Waals surface area (Å²) in [7, 11) is 0. The maximum atomic E-state index is 11.5. The van der Waals surface area contributed by atoms with Crippen LogP contribution < -0.4 is 4.74 Å². The molecule has 3 rings (SSSR count). The molecule has 1 N–H and O–H groups in total. The smallest absolute Gasteiger partial charge is 0.335 e. The summed E-state index contributed by atoms with van der Waals surface area (Å²) in [6, 6.07) is 4.48. The Morgan fingerprint density at radius 3 is 2.96 bits per heavy atom. The van der Waals surface area contributed by atoms with E-state index < -0.39 is 18.0 Å². The first-order valence-electron chi connectivity index (χ1n) is 6.75. The minimum absolute atomic E-state index is 0.423. The predicted molar refractivity (Wildman–Crippen MR) is 90.5 cm³/mol. The monoisotopic (exact) mass is 348 g/mol. The van der Waals surface area contributed by atoms with Gasteiger partial charge in [0.25, 0.3) is 0 Å². The number of carboxylic acids is 1. The van der Waals surface area contributed by atoms with Gasteiger partial charge in [-0.25, -0.2) is 14.6 Å². The summed E-state index contributed by atoms with van der Waals surface area (Å²) >= 11 is 2.79. The highest BCUT2D eigenvalue weighted by Gasteiger charge is 2.26. The van der Waals surface area contributed by atoms with Gasteiger partial charge in [0, 0.05) is 17.9 Å². The number of aliphatic imine (C=N–C) groups is 1. The van der Waals surface area contributed by atoms with Crippen molar-refractivity contribution in [1.29, 1.82) is 0 Å². The zero-order chi connectivity index (χ0) is 16.4. The number of fused-ring (bicyclic) bond motifs is 1. The van der Waals surface area contributed by atoms with Crippen LogP contribution in [0.4, 0.5) is 0 Å². The summed E-state index contributed by atoms with van der Waals surface area (Å²) in [5.74, 6) is -0.490. The van der Waals surface area contributed by atoms with E-state index in [1.807, 2.05) is 0 Å². The molecule has 0 aliphatic carbocycles. The molecular weight excluding hydrogens is 336 g/mol. The number of thioether (sulfide) groups is 1. The summed E-state index contributed by atoms with van der Waals surface area (Å²) in [6.45, 7) is 1.74. The first-order valence-corrected chi connectivity index (χ1v) is 8.56. The molecule has 2 heterocycles. The molecule has 0 fully saturated rings. The lowest BCUT2D eigenvalue weighted by molar-refractivity contribution is -0.137. The zero-order valence-corrected chi connectivity index (χ0v) is 13.7. The molecule has 0 saturated carbocycles. The Labute approximate surface area is 139 Å². The second-order valence-electron chi connectivity index (χ2n) is 4.67. The minimum atomic E-state index is -0.924. The Morgan fingerprint density at radius 1 is 1.43 bits per heavy atom. The molecule has 8 heteroatoms. The molecule has 0 amide bonds. The van der Waals surface area contributed by atoms with Crippen molar-refractivity contribution in [2.24, 2.45) is 4.99 Å². The number of carbonyl (C=O) groups excluding carboxylic acids is 1. The standard InChI is InChI=1S/C15H12N2O4S2/c1-2-3-12(18)21-8-4-5-9-11(6-8)23-14(16-9)13-17-10(7-22-13)15(19)20/h2-6,10H,7H2,1H3,(H,19,20)/b3-2+/t10-/m1/s1. The molecule has 118 valence electrons. The van der Waals surface area contributed by atoms with Gasteiger partial charge < -0.3 is 9.84 Å². The van der Waals surface area contributed by atoms with Crippen LogP contribution in [0.1, 0.15) is 11.9 Å². The number of carboxylic acid groups (broad SMARTS) is 1. The maximum absolute atomic E-state index is 11.5. The van der Waals surface area contributed by atoms with E-state index in [1.54, 1.807) is 31.2 Å². The van der Waals surface area contributed by atoms with Crippen molar-refractivity contribution in [3.05, 3.63) is 35.4 Å². The van der Waals surface area contributed by atoms with Crippen molar-refractivity contribution in [3.63, 3.8) is 0 Å². The Bertz CT molecular complexity index is 841. The summed E-state index contributed by atoms with van der Waals surface area (Å²) in [4.78, 5) is 31.1.